The Morgan fingerprint density at radius 1 is 1.45 bits per heavy atom. The van der Waals surface area contributed by atoms with Crippen molar-refractivity contribution in [3.05, 3.63) is 22.4 Å². The van der Waals surface area contributed by atoms with Crippen molar-refractivity contribution in [3.8, 4) is 0 Å². The van der Waals surface area contributed by atoms with Gasteiger partial charge in [-0.25, -0.2) is 4.79 Å². The fraction of sp³-hybridized carbons (Fsp3) is 0.625. The Balaban J connectivity index is 1.82. The first-order valence-electron chi connectivity index (χ1n) is 7.63. The van der Waals surface area contributed by atoms with Crippen LogP contribution in [0.3, 0.4) is 0 Å². The molecule has 2 rings (SSSR count). The summed E-state index contributed by atoms with van der Waals surface area (Å²) in [5.74, 6) is 0.0125. The highest BCUT2D eigenvalue weighted by Gasteiger charge is 2.28. The van der Waals surface area contributed by atoms with Crippen LogP contribution in [0.4, 0.5) is 4.79 Å². The molecule has 122 valence electrons. The number of hydrogen-bond acceptors (Lipinski definition) is 4. The molecular weight excluding hydrogens is 300 g/mol. The first kappa shape index (κ1) is 16.8. The Labute approximate surface area is 135 Å². The molecule has 1 N–H and O–H groups in total. The molecule has 0 aliphatic carbocycles. The molecule has 1 aromatic heterocycles. The molecule has 22 heavy (non-hydrogen) atoms. The number of hydrogen-bond donors (Lipinski definition) is 1. The highest BCUT2D eigenvalue weighted by molar-refractivity contribution is 7.10. The van der Waals surface area contributed by atoms with Gasteiger partial charge in [0.1, 0.15) is 5.60 Å². The maximum Gasteiger partial charge on any atom is 0.410 e. The molecule has 0 spiro atoms. The second-order valence-electron chi connectivity index (χ2n) is 6.59. The number of carbonyl (C=O) groups is 2. The lowest BCUT2D eigenvalue weighted by atomic mass is 10.1. The third-order valence-electron chi connectivity index (χ3n) is 3.35. The van der Waals surface area contributed by atoms with E-state index in [-0.39, 0.29) is 18.0 Å². The van der Waals surface area contributed by atoms with Crippen LogP contribution in [0.15, 0.2) is 17.5 Å². The van der Waals surface area contributed by atoms with E-state index in [9.17, 15) is 9.59 Å². The average Bonchev–Trinajstić information content (AvgIpc) is 2.89. The quantitative estimate of drug-likeness (QED) is 0.930. The highest BCUT2D eigenvalue weighted by Crippen LogP contribution is 2.16. The van der Waals surface area contributed by atoms with Gasteiger partial charge >= 0.3 is 6.09 Å². The normalized spacial score (nSPS) is 18.9. The molecular formula is C16H24N2O3S. The number of rotatable bonds is 3. The van der Waals surface area contributed by atoms with Crippen molar-refractivity contribution in [1.29, 1.82) is 0 Å². The van der Waals surface area contributed by atoms with Gasteiger partial charge in [-0.15, -0.1) is 11.3 Å². The van der Waals surface area contributed by atoms with Gasteiger partial charge in [-0.3, -0.25) is 4.79 Å². The molecule has 1 atom stereocenters. The van der Waals surface area contributed by atoms with Gasteiger partial charge in [0.05, 0.1) is 6.42 Å². The lowest BCUT2D eigenvalue weighted by molar-refractivity contribution is -0.121. The summed E-state index contributed by atoms with van der Waals surface area (Å²) in [5.41, 5.74) is -0.494. The highest BCUT2D eigenvalue weighted by atomic mass is 32.1. The van der Waals surface area contributed by atoms with Crippen LogP contribution < -0.4 is 5.32 Å². The maximum atomic E-state index is 12.1. The number of nitrogens with zero attached hydrogens (tertiary/aromatic N) is 1. The van der Waals surface area contributed by atoms with E-state index in [1.165, 1.54) is 0 Å². The van der Waals surface area contributed by atoms with Crippen LogP contribution in [0.1, 0.15) is 38.5 Å². The number of nitrogens with one attached hydrogen (secondary N) is 1. The minimum Gasteiger partial charge on any atom is -0.444 e. The van der Waals surface area contributed by atoms with E-state index in [1.807, 2.05) is 38.3 Å². The van der Waals surface area contributed by atoms with Gasteiger partial charge in [-0.1, -0.05) is 6.07 Å². The molecule has 2 amide bonds. The lowest BCUT2D eigenvalue weighted by Crippen LogP contribution is -2.50. The molecule has 5 nitrogen and oxygen atoms in total. The van der Waals surface area contributed by atoms with Gasteiger partial charge < -0.3 is 15.0 Å². The number of carbonyl (C=O) groups excluding carboxylic acids is 2. The second kappa shape index (κ2) is 7.13. The molecule has 6 heteroatoms. The van der Waals surface area contributed by atoms with Crippen LogP contribution in [-0.4, -0.2) is 41.6 Å². The van der Waals surface area contributed by atoms with E-state index in [4.69, 9.17) is 4.74 Å². The van der Waals surface area contributed by atoms with E-state index in [2.05, 4.69) is 5.32 Å². The van der Waals surface area contributed by atoms with Crippen LogP contribution in [0.25, 0.3) is 0 Å². The molecule has 1 saturated heterocycles. The van der Waals surface area contributed by atoms with Crippen molar-refractivity contribution in [3.63, 3.8) is 0 Å². The van der Waals surface area contributed by atoms with E-state index < -0.39 is 5.60 Å². The summed E-state index contributed by atoms with van der Waals surface area (Å²) in [5, 5.41) is 4.99. The zero-order valence-corrected chi connectivity index (χ0v) is 14.2. The Morgan fingerprint density at radius 3 is 2.86 bits per heavy atom. The zero-order valence-electron chi connectivity index (χ0n) is 13.4. The minimum absolute atomic E-state index is 0.00808. The molecule has 1 aliphatic heterocycles. The molecule has 1 fully saturated rings. The molecule has 0 saturated carbocycles. The average molecular weight is 324 g/mol. The summed E-state index contributed by atoms with van der Waals surface area (Å²) in [6.07, 6.45) is 1.88. The van der Waals surface area contributed by atoms with Gasteiger partial charge in [0.2, 0.25) is 5.91 Å². The van der Waals surface area contributed by atoms with Crippen molar-refractivity contribution >= 4 is 23.3 Å². The number of likely N-dealkylation sites (tertiary alicyclic amines) is 1. The summed E-state index contributed by atoms with van der Waals surface area (Å²) < 4.78 is 5.39. The number of amides is 2. The fourth-order valence-electron chi connectivity index (χ4n) is 2.44. The molecule has 1 aromatic rings. The standard InChI is InChI=1S/C16H24N2O3S/c1-16(2,3)21-15(20)18-8-4-6-12(11-18)17-14(19)10-13-7-5-9-22-13/h5,7,9,12H,4,6,8,10-11H2,1-3H3,(H,17,19)/t12-/m0/s1. The summed E-state index contributed by atoms with van der Waals surface area (Å²) in [7, 11) is 0. The maximum absolute atomic E-state index is 12.1. The van der Waals surface area contributed by atoms with Gasteiger partial charge in [-0.2, -0.15) is 0 Å². The molecule has 0 radical (unpaired) electrons. The summed E-state index contributed by atoms with van der Waals surface area (Å²) in [6.45, 7) is 6.77. The molecule has 0 aromatic carbocycles. The van der Waals surface area contributed by atoms with Crippen LogP contribution in [0, 0.1) is 0 Å². The third-order valence-corrected chi connectivity index (χ3v) is 4.23. The first-order valence-corrected chi connectivity index (χ1v) is 8.51. The van der Waals surface area contributed by atoms with Crippen molar-refractivity contribution in [2.45, 2.75) is 51.7 Å². The van der Waals surface area contributed by atoms with Crippen molar-refractivity contribution < 1.29 is 14.3 Å². The van der Waals surface area contributed by atoms with Gasteiger partial charge in [0.15, 0.2) is 0 Å². The lowest BCUT2D eigenvalue weighted by Gasteiger charge is -2.34. The Bertz CT molecular complexity index is 508. The summed E-state index contributed by atoms with van der Waals surface area (Å²) in [6, 6.07) is 3.91. The Morgan fingerprint density at radius 2 is 2.23 bits per heavy atom. The van der Waals surface area contributed by atoms with Gasteiger partial charge in [0.25, 0.3) is 0 Å². The van der Waals surface area contributed by atoms with E-state index in [1.54, 1.807) is 16.2 Å². The minimum atomic E-state index is -0.494. The summed E-state index contributed by atoms with van der Waals surface area (Å²) >= 11 is 1.58. The second-order valence-corrected chi connectivity index (χ2v) is 7.62. The van der Waals surface area contributed by atoms with Crippen molar-refractivity contribution in [1.82, 2.24) is 10.2 Å². The number of piperidine rings is 1. The van der Waals surface area contributed by atoms with Gasteiger partial charge in [0, 0.05) is 24.0 Å². The molecule has 0 bridgehead atoms. The predicted octanol–water partition coefficient (Wildman–Crippen LogP) is 2.81. The summed E-state index contributed by atoms with van der Waals surface area (Å²) in [4.78, 5) is 26.9. The van der Waals surface area contributed by atoms with E-state index in [0.717, 1.165) is 17.7 Å². The van der Waals surface area contributed by atoms with Gasteiger partial charge in [-0.05, 0) is 45.1 Å². The van der Waals surface area contributed by atoms with Crippen LogP contribution >= 0.6 is 11.3 Å². The zero-order chi connectivity index (χ0) is 16.2. The first-order chi connectivity index (χ1) is 10.3. The third kappa shape index (κ3) is 5.33. The van der Waals surface area contributed by atoms with Crippen LogP contribution in [0.5, 0.6) is 0 Å². The predicted molar refractivity (Wildman–Crippen MR) is 87.0 cm³/mol. The van der Waals surface area contributed by atoms with E-state index >= 15 is 0 Å². The Kier molecular flexibility index (Phi) is 5.45. The number of thiophene rings is 1. The SMILES string of the molecule is CC(C)(C)OC(=O)N1CCC[C@H](NC(=O)Cc2cccs2)C1. The fourth-order valence-corrected chi connectivity index (χ4v) is 3.14. The van der Waals surface area contributed by atoms with Crippen molar-refractivity contribution in [2.24, 2.45) is 0 Å². The monoisotopic (exact) mass is 324 g/mol. The number of ether oxygens (including phenoxy) is 1. The topological polar surface area (TPSA) is 58.6 Å². The van der Waals surface area contributed by atoms with Crippen molar-refractivity contribution in [2.75, 3.05) is 13.1 Å². The Hall–Kier alpha value is -1.56. The molecule has 0 unspecified atom stereocenters. The largest absolute Gasteiger partial charge is 0.444 e. The smallest absolute Gasteiger partial charge is 0.410 e. The van der Waals surface area contributed by atoms with Crippen LogP contribution in [0.2, 0.25) is 0 Å². The van der Waals surface area contributed by atoms with Crippen LogP contribution in [-0.2, 0) is 16.0 Å². The molecule has 2 heterocycles. The van der Waals surface area contributed by atoms with E-state index in [0.29, 0.717) is 19.5 Å². The molecule has 1 aliphatic rings.